The second kappa shape index (κ2) is 10.2. The second-order valence-corrected chi connectivity index (χ2v) is 7.73. The maximum atomic E-state index is 6.22. The third-order valence-electron chi connectivity index (χ3n) is 4.75. The summed E-state index contributed by atoms with van der Waals surface area (Å²) in [6, 6.07) is 6.83. The van der Waals surface area contributed by atoms with Crippen LogP contribution in [0.15, 0.2) is 23.2 Å². The molecule has 140 valence electrons. The lowest BCUT2D eigenvalue weighted by molar-refractivity contribution is 0.167. The minimum atomic E-state index is 0.506. The minimum absolute atomic E-state index is 0.506. The van der Waals surface area contributed by atoms with E-state index < -0.39 is 0 Å². The summed E-state index contributed by atoms with van der Waals surface area (Å²) in [5, 5.41) is 8.38. The molecule has 1 aromatic carbocycles. The van der Waals surface area contributed by atoms with Crippen LogP contribution in [0.2, 0.25) is 10.0 Å². The van der Waals surface area contributed by atoms with Gasteiger partial charge in [-0.3, -0.25) is 4.99 Å². The first-order chi connectivity index (χ1) is 12.0. The fraction of sp³-hybridized carbons (Fsp3) is 0.632. The van der Waals surface area contributed by atoms with Crippen molar-refractivity contribution in [2.24, 2.45) is 4.99 Å². The molecule has 1 aliphatic heterocycles. The van der Waals surface area contributed by atoms with Crippen LogP contribution in [-0.2, 0) is 6.42 Å². The monoisotopic (exact) mass is 384 g/mol. The molecule has 0 atom stereocenters. The molecule has 6 heteroatoms. The number of hydrogen-bond donors (Lipinski definition) is 2. The van der Waals surface area contributed by atoms with E-state index in [0.29, 0.717) is 17.1 Å². The normalized spacial score (nSPS) is 17.1. The molecule has 0 saturated carbocycles. The molecule has 0 bridgehead atoms. The topological polar surface area (TPSA) is 39.7 Å². The van der Waals surface area contributed by atoms with Gasteiger partial charge in [0.05, 0.1) is 0 Å². The number of nitrogens with zero attached hydrogens (tertiary/aromatic N) is 2. The van der Waals surface area contributed by atoms with Crippen molar-refractivity contribution in [2.45, 2.75) is 51.6 Å². The number of piperidine rings is 1. The smallest absolute Gasteiger partial charge is 0.191 e. The summed E-state index contributed by atoms with van der Waals surface area (Å²) in [6.45, 7) is 7.70. The van der Waals surface area contributed by atoms with Crippen LogP contribution in [-0.4, -0.2) is 49.6 Å². The van der Waals surface area contributed by atoms with E-state index in [9.17, 15) is 0 Å². The van der Waals surface area contributed by atoms with Gasteiger partial charge in [-0.2, -0.15) is 0 Å². The molecule has 1 fully saturated rings. The number of halogens is 2. The standard InChI is InChI=1S/C19H30Cl2N4/c1-14(2)25-11-8-17(9-12-25)24-19(22-3)23-10-4-5-15-6-7-16(20)13-18(15)21/h6-7,13-14,17H,4-5,8-12H2,1-3H3,(H2,22,23,24). The highest BCUT2D eigenvalue weighted by atomic mass is 35.5. The largest absolute Gasteiger partial charge is 0.356 e. The van der Waals surface area contributed by atoms with Crippen LogP contribution >= 0.6 is 23.2 Å². The molecule has 25 heavy (non-hydrogen) atoms. The van der Waals surface area contributed by atoms with Gasteiger partial charge in [-0.15, -0.1) is 0 Å². The quantitative estimate of drug-likeness (QED) is 0.442. The second-order valence-electron chi connectivity index (χ2n) is 6.89. The van der Waals surface area contributed by atoms with Crippen LogP contribution in [0.25, 0.3) is 0 Å². The first kappa shape index (κ1) is 20.3. The van der Waals surface area contributed by atoms with E-state index >= 15 is 0 Å². The predicted molar refractivity (Wildman–Crippen MR) is 109 cm³/mol. The Morgan fingerprint density at radius 3 is 2.60 bits per heavy atom. The molecule has 1 aromatic rings. The number of aliphatic imine (C=N–C) groups is 1. The molecule has 4 nitrogen and oxygen atoms in total. The lowest BCUT2D eigenvalue weighted by atomic mass is 10.0. The van der Waals surface area contributed by atoms with E-state index in [0.717, 1.165) is 49.0 Å². The van der Waals surface area contributed by atoms with E-state index in [1.54, 1.807) is 6.07 Å². The van der Waals surface area contributed by atoms with Crippen LogP contribution in [0.1, 0.15) is 38.7 Å². The highest BCUT2D eigenvalue weighted by molar-refractivity contribution is 6.35. The maximum absolute atomic E-state index is 6.22. The van der Waals surface area contributed by atoms with Crippen molar-refractivity contribution in [1.82, 2.24) is 15.5 Å². The Hall–Kier alpha value is -0.970. The van der Waals surface area contributed by atoms with Crippen LogP contribution in [0.3, 0.4) is 0 Å². The van der Waals surface area contributed by atoms with Crippen LogP contribution in [0.4, 0.5) is 0 Å². The van der Waals surface area contributed by atoms with E-state index in [1.807, 2.05) is 19.2 Å². The molecular weight excluding hydrogens is 355 g/mol. The zero-order valence-corrected chi connectivity index (χ0v) is 17.0. The van der Waals surface area contributed by atoms with E-state index in [4.69, 9.17) is 23.2 Å². The summed E-state index contributed by atoms with van der Waals surface area (Å²) in [6.07, 6.45) is 4.25. The summed E-state index contributed by atoms with van der Waals surface area (Å²) in [5.41, 5.74) is 1.14. The van der Waals surface area contributed by atoms with Gasteiger partial charge in [-0.05, 0) is 57.2 Å². The van der Waals surface area contributed by atoms with Gasteiger partial charge in [0.1, 0.15) is 0 Å². The van der Waals surface area contributed by atoms with Gasteiger partial charge < -0.3 is 15.5 Å². The van der Waals surface area contributed by atoms with Gasteiger partial charge in [0.25, 0.3) is 0 Å². The molecule has 0 amide bonds. The fourth-order valence-corrected chi connectivity index (χ4v) is 3.66. The van der Waals surface area contributed by atoms with Gasteiger partial charge in [-0.25, -0.2) is 0 Å². The molecule has 1 aliphatic rings. The van der Waals surface area contributed by atoms with Crippen LogP contribution in [0, 0.1) is 0 Å². The third-order valence-corrected chi connectivity index (χ3v) is 5.34. The Balaban J connectivity index is 1.69. The van der Waals surface area contributed by atoms with Gasteiger partial charge >= 0.3 is 0 Å². The van der Waals surface area contributed by atoms with Crippen LogP contribution < -0.4 is 10.6 Å². The Morgan fingerprint density at radius 1 is 1.28 bits per heavy atom. The lowest BCUT2D eigenvalue weighted by Crippen LogP contribution is -2.50. The molecule has 0 aromatic heterocycles. The first-order valence-electron chi connectivity index (χ1n) is 9.14. The summed E-state index contributed by atoms with van der Waals surface area (Å²) < 4.78 is 0. The maximum Gasteiger partial charge on any atom is 0.191 e. The number of guanidine groups is 1. The predicted octanol–water partition coefficient (Wildman–Crippen LogP) is 3.96. The van der Waals surface area contributed by atoms with Crippen molar-refractivity contribution in [1.29, 1.82) is 0 Å². The summed E-state index contributed by atoms with van der Waals surface area (Å²) in [5.74, 6) is 0.894. The summed E-state index contributed by atoms with van der Waals surface area (Å²) >= 11 is 12.1. The number of aryl methyl sites for hydroxylation is 1. The molecule has 2 rings (SSSR count). The Kier molecular flexibility index (Phi) is 8.34. The fourth-order valence-electron chi connectivity index (χ4n) is 3.16. The molecule has 0 unspecified atom stereocenters. The van der Waals surface area contributed by atoms with Gasteiger partial charge in [0.15, 0.2) is 5.96 Å². The summed E-state index contributed by atoms with van der Waals surface area (Å²) in [4.78, 5) is 6.88. The summed E-state index contributed by atoms with van der Waals surface area (Å²) in [7, 11) is 1.83. The highest BCUT2D eigenvalue weighted by Crippen LogP contribution is 2.21. The molecular formula is C19H30Cl2N4. The SMILES string of the molecule is CN=C(NCCCc1ccc(Cl)cc1Cl)NC1CCN(C(C)C)CC1. The molecule has 1 saturated heterocycles. The van der Waals surface area contributed by atoms with Crippen molar-refractivity contribution < 1.29 is 0 Å². The zero-order chi connectivity index (χ0) is 18.2. The number of likely N-dealkylation sites (tertiary alicyclic amines) is 1. The van der Waals surface area contributed by atoms with Gasteiger partial charge in [0.2, 0.25) is 0 Å². The number of hydrogen-bond acceptors (Lipinski definition) is 2. The molecule has 0 spiro atoms. The lowest BCUT2D eigenvalue weighted by Gasteiger charge is -2.35. The van der Waals surface area contributed by atoms with Crippen LogP contribution in [0.5, 0.6) is 0 Å². The van der Waals surface area contributed by atoms with E-state index in [1.165, 1.54) is 12.8 Å². The average molecular weight is 385 g/mol. The number of rotatable bonds is 6. The number of nitrogens with one attached hydrogen (secondary N) is 2. The number of benzene rings is 1. The van der Waals surface area contributed by atoms with Crippen molar-refractivity contribution in [2.75, 3.05) is 26.7 Å². The molecule has 0 aliphatic carbocycles. The van der Waals surface area contributed by atoms with E-state index in [2.05, 4.69) is 34.4 Å². The zero-order valence-electron chi connectivity index (χ0n) is 15.5. The Bertz CT molecular complexity index is 567. The Morgan fingerprint density at radius 2 is 2.00 bits per heavy atom. The third kappa shape index (κ3) is 6.69. The van der Waals surface area contributed by atoms with Crippen molar-refractivity contribution in [3.63, 3.8) is 0 Å². The van der Waals surface area contributed by atoms with E-state index in [-0.39, 0.29) is 0 Å². The average Bonchev–Trinajstić information content (AvgIpc) is 2.59. The van der Waals surface area contributed by atoms with Crippen molar-refractivity contribution in [3.05, 3.63) is 33.8 Å². The van der Waals surface area contributed by atoms with Gasteiger partial charge in [0, 0.05) is 48.8 Å². The van der Waals surface area contributed by atoms with Gasteiger partial charge in [-0.1, -0.05) is 29.3 Å². The van der Waals surface area contributed by atoms with Crippen molar-refractivity contribution in [3.8, 4) is 0 Å². The Labute approximate surface area is 162 Å². The molecule has 1 heterocycles. The molecule has 0 radical (unpaired) electrons. The van der Waals surface area contributed by atoms with Crippen molar-refractivity contribution >= 4 is 29.2 Å². The first-order valence-corrected chi connectivity index (χ1v) is 9.90. The highest BCUT2D eigenvalue weighted by Gasteiger charge is 2.21. The molecule has 2 N–H and O–H groups in total. The minimum Gasteiger partial charge on any atom is -0.356 e.